The molecule has 41 heavy (non-hydrogen) atoms. The zero-order chi connectivity index (χ0) is 30.1. The number of aryl methyl sites for hydroxylation is 1. The summed E-state index contributed by atoms with van der Waals surface area (Å²) < 4.78 is 12.6. The van der Waals surface area contributed by atoms with Crippen LogP contribution in [0.5, 0.6) is 5.75 Å². The van der Waals surface area contributed by atoms with Crippen molar-refractivity contribution in [1.82, 2.24) is 9.88 Å². The van der Waals surface area contributed by atoms with Gasteiger partial charge in [0.15, 0.2) is 6.10 Å². The third-order valence-corrected chi connectivity index (χ3v) is 7.89. The largest absolute Gasteiger partial charge is 0.479 e. The van der Waals surface area contributed by atoms with Gasteiger partial charge in [-0.25, -0.2) is 4.79 Å². The molecule has 3 aromatic carbocycles. The molecule has 1 N–H and O–H groups in total. The van der Waals surface area contributed by atoms with Crippen LogP contribution in [0.3, 0.4) is 0 Å². The summed E-state index contributed by atoms with van der Waals surface area (Å²) in [6.07, 6.45) is -0.138. The molecule has 0 aliphatic heterocycles. The molecule has 0 bridgehead atoms. The molecule has 0 unspecified atom stereocenters. The van der Waals surface area contributed by atoms with Gasteiger partial charge in [-0.3, -0.25) is 4.79 Å². The fourth-order valence-corrected chi connectivity index (χ4v) is 5.30. The lowest BCUT2D eigenvalue weighted by Crippen LogP contribution is -2.26. The number of fused-ring (bicyclic) bond motifs is 1. The summed E-state index contributed by atoms with van der Waals surface area (Å²) in [6.45, 7) is 12.3. The Morgan fingerprint density at radius 3 is 2.32 bits per heavy atom. The van der Waals surface area contributed by atoms with Crippen molar-refractivity contribution in [3.63, 3.8) is 0 Å². The van der Waals surface area contributed by atoms with E-state index >= 15 is 0 Å². The van der Waals surface area contributed by atoms with Gasteiger partial charge in [0.25, 0.3) is 5.91 Å². The highest BCUT2D eigenvalue weighted by Gasteiger charge is 2.19. The minimum absolute atomic E-state index is 0.0817. The van der Waals surface area contributed by atoms with Gasteiger partial charge in [0.1, 0.15) is 5.75 Å². The second kappa shape index (κ2) is 12.0. The topological polar surface area (TPSA) is 69.6 Å². The average molecular weight is 575 g/mol. The molecular weight excluding hydrogens is 536 g/mol. The van der Waals surface area contributed by atoms with Gasteiger partial charge in [0.2, 0.25) is 0 Å². The van der Waals surface area contributed by atoms with E-state index in [0.717, 1.165) is 33.3 Å². The lowest BCUT2D eigenvalue weighted by Gasteiger charge is -2.20. The van der Waals surface area contributed by atoms with Crippen LogP contribution in [-0.4, -0.2) is 29.7 Å². The van der Waals surface area contributed by atoms with E-state index in [0.29, 0.717) is 22.8 Å². The molecule has 216 valence electrons. The standard InChI is InChI=1S/C34H39ClN2O4/c1-20(24-9-12-26(13-10-24)34(4,5)6)36-32(38)25-11-14-29-30(21(2)37(7)31(29)18-25)17-23-15-27(35)19-28(16-23)41-22(3)33(39)40-8/h9-16,18-20,22H,17H2,1-8H3,(H,36,38)/t20-,22+/m0/s1. The van der Waals surface area contributed by atoms with Gasteiger partial charge < -0.3 is 19.4 Å². The van der Waals surface area contributed by atoms with Crippen LogP contribution >= 0.6 is 11.6 Å². The number of halogens is 1. The molecule has 0 aliphatic rings. The Morgan fingerprint density at radius 2 is 1.68 bits per heavy atom. The number of benzene rings is 3. The van der Waals surface area contributed by atoms with Crippen LogP contribution in [0.4, 0.5) is 0 Å². The molecule has 1 aromatic heterocycles. The number of ether oxygens (including phenoxy) is 2. The first-order valence-corrected chi connectivity index (χ1v) is 14.2. The summed E-state index contributed by atoms with van der Waals surface area (Å²) in [5.74, 6) is -0.0652. The van der Waals surface area contributed by atoms with Crippen LogP contribution in [0, 0.1) is 6.92 Å². The van der Waals surface area contributed by atoms with Crippen molar-refractivity contribution in [2.24, 2.45) is 7.05 Å². The highest BCUT2D eigenvalue weighted by atomic mass is 35.5. The number of hydrogen-bond acceptors (Lipinski definition) is 4. The van der Waals surface area contributed by atoms with E-state index < -0.39 is 12.1 Å². The molecular formula is C34H39ClN2O4. The van der Waals surface area contributed by atoms with Crippen molar-refractivity contribution < 1.29 is 19.1 Å². The van der Waals surface area contributed by atoms with Gasteiger partial charge in [-0.05, 0) is 78.8 Å². The second-order valence-electron chi connectivity index (χ2n) is 11.7. The van der Waals surface area contributed by atoms with Gasteiger partial charge in [-0.1, -0.05) is 62.7 Å². The fourth-order valence-electron chi connectivity index (χ4n) is 5.05. The van der Waals surface area contributed by atoms with E-state index in [9.17, 15) is 9.59 Å². The van der Waals surface area contributed by atoms with Crippen LogP contribution < -0.4 is 10.1 Å². The molecule has 0 fully saturated rings. The van der Waals surface area contributed by atoms with Gasteiger partial charge in [0.05, 0.1) is 13.2 Å². The molecule has 1 heterocycles. The van der Waals surface area contributed by atoms with Gasteiger partial charge in [-0.15, -0.1) is 0 Å². The molecule has 2 atom stereocenters. The lowest BCUT2D eigenvalue weighted by molar-refractivity contribution is -0.147. The molecule has 0 aliphatic carbocycles. The number of carbonyl (C=O) groups is 2. The zero-order valence-electron chi connectivity index (χ0n) is 25.1. The molecule has 0 saturated carbocycles. The van der Waals surface area contributed by atoms with Crippen molar-refractivity contribution in [3.8, 4) is 5.75 Å². The summed E-state index contributed by atoms with van der Waals surface area (Å²) in [7, 11) is 3.34. The molecule has 6 nitrogen and oxygen atoms in total. The summed E-state index contributed by atoms with van der Waals surface area (Å²) in [4.78, 5) is 25.1. The SMILES string of the molecule is COC(=O)[C@@H](C)Oc1cc(Cl)cc(Cc2c(C)n(C)c3cc(C(=O)N[C@@H](C)c4ccc(C(C)(C)C)cc4)ccc23)c1. The van der Waals surface area contributed by atoms with Gasteiger partial charge in [0, 0.05) is 40.7 Å². The number of aromatic nitrogens is 1. The zero-order valence-corrected chi connectivity index (χ0v) is 25.8. The first-order valence-electron chi connectivity index (χ1n) is 13.8. The monoisotopic (exact) mass is 574 g/mol. The first kappa shape index (κ1) is 30.2. The van der Waals surface area contributed by atoms with Crippen molar-refractivity contribution in [2.75, 3.05) is 7.11 Å². The van der Waals surface area contributed by atoms with Crippen LogP contribution in [-0.2, 0) is 28.4 Å². The normalized spacial score (nSPS) is 13.1. The molecule has 4 aromatic rings. The lowest BCUT2D eigenvalue weighted by atomic mass is 9.86. The Bertz CT molecular complexity index is 1580. The Kier molecular flexibility index (Phi) is 8.83. The molecule has 7 heteroatoms. The van der Waals surface area contributed by atoms with E-state index in [1.165, 1.54) is 12.7 Å². The van der Waals surface area contributed by atoms with Crippen LogP contribution in [0.15, 0.2) is 60.7 Å². The molecule has 0 radical (unpaired) electrons. The van der Waals surface area contributed by atoms with Crippen LogP contribution in [0.25, 0.3) is 10.9 Å². The average Bonchev–Trinajstić information content (AvgIpc) is 3.15. The molecule has 4 rings (SSSR count). The van der Waals surface area contributed by atoms with Gasteiger partial charge >= 0.3 is 5.97 Å². The third-order valence-electron chi connectivity index (χ3n) is 7.67. The Balaban J connectivity index is 1.55. The van der Waals surface area contributed by atoms with Crippen molar-refractivity contribution in [2.45, 2.75) is 65.5 Å². The van der Waals surface area contributed by atoms with Crippen molar-refractivity contribution in [3.05, 3.63) is 99.2 Å². The predicted octanol–water partition coefficient (Wildman–Crippen LogP) is 7.46. The molecule has 0 spiro atoms. The number of nitrogens with zero attached hydrogens (tertiary/aromatic N) is 1. The van der Waals surface area contributed by atoms with Crippen LogP contribution in [0.2, 0.25) is 5.02 Å². The highest BCUT2D eigenvalue weighted by Crippen LogP contribution is 2.31. The van der Waals surface area contributed by atoms with Crippen molar-refractivity contribution >= 4 is 34.4 Å². The third kappa shape index (κ3) is 6.76. The van der Waals surface area contributed by atoms with E-state index in [1.807, 2.05) is 44.3 Å². The maximum atomic E-state index is 13.2. The van der Waals surface area contributed by atoms with E-state index in [2.05, 4.69) is 61.8 Å². The second-order valence-corrected chi connectivity index (χ2v) is 12.1. The maximum Gasteiger partial charge on any atom is 0.346 e. The van der Waals surface area contributed by atoms with Crippen LogP contribution in [0.1, 0.15) is 79.0 Å². The predicted molar refractivity (Wildman–Crippen MR) is 165 cm³/mol. The summed E-state index contributed by atoms with van der Waals surface area (Å²) in [6, 6.07) is 19.6. The summed E-state index contributed by atoms with van der Waals surface area (Å²) in [5.41, 5.74) is 7.17. The number of rotatable bonds is 8. The number of methoxy groups -OCH3 is 1. The number of esters is 1. The summed E-state index contributed by atoms with van der Waals surface area (Å²) in [5, 5.41) is 4.74. The van der Waals surface area contributed by atoms with E-state index in [1.54, 1.807) is 13.0 Å². The minimum atomic E-state index is -0.749. The Morgan fingerprint density at radius 1 is 1.00 bits per heavy atom. The first-order chi connectivity index (χ1) is 19.3. The van der Waals surface area contributed by atoms with Gasteiger partial charge in [-0.2, -0.15) is 0 Å². The number of amides is 1. The van der Waals surface area contributed by atoms with Crippen molar-refractivity contribution in [1.29, 1.82) is 0 Å². The highest BCUT2D eigenvalue weighted by molar-refractivity contribution is 6.30. The van der Waals surface area contributed by atoms with E-state index in [4.69, 9.17) is 21.1 Å². The quantitative estimate of drug-likeness (QED) is 0.222. The Hall–Kier alpha value is -3.77. The number of hydrogen-bond donors (Lipinski definition) is 1. The number of carbonyl (C=O) groups excluding carboxylic acids is 2. The Labute approximate surface area is 247 Å². The summed E-state index contributed by atoms with van der Waals surface area (Å²) >= 11 is 6.40. The minimum Gasteiger partial charge on any atom is -0.479 e. The fraction of sp³-hybridized carbons (Fsp3) is 0.353. The maximum absolute atomic E-state index is 13.2. The molecule has 0 saturated heterocycles. The van der Waals surface area contributed by atoms with E-state index in [-0.39, 0.29) is 17.4 Å². The number of nitrogens with one attached hydrogen (secondary N) is 1. The molecule has 1 amide bonds. The smallest absolute Gasteiger partial charge is 0.346 e.